The minimum absolute atomic E-state index is 0.298. The Morgan fingerprint density at radius 1 is 1.00 bits per heavy atom. The van der Waals surface area contributed by atoms with E-state index in [9.17, 15) is 5.11 Å². The number of H-pyrrole nitrogens is 1. The molecule has 1 aromatic heterocycles. The molecule has 0 saturated carbocycles. The highest BCUT2D eigenvalue weighted by atomic mass is 16.3. The number of aromatic amines is 1. The summed E-state index contributed by atoms with van der Waals surface area (Å²) in [4.78, 5) is 5.97. The van der Waals surface area contributed by atoms with Gasteiger partial charge in [-0.1, -0.05) is 26.0 Å². The van der Waals surface area contributed by atoms with Crippen LogP contribution in [0.25, 0.3) is 22.2 Å². The standard InChI is InChI=1S/C26H37N5O/c1-19(2)28-12-10-27-11-13-29-22-8-14-31(15-9-22)23-5-3-4-20(16-23)26-18-21-17-24(32)6-7-25(21)30-26/h3-7,16-19,22,27-30,32H,8-15H2,1-2H3. The average molecular weight is 436 g/mol. The highest BCUT2D eigenvalue weighted by Gasteiger charge is 2.19. The number of nitrogens with one attached hydrogen (secondary N) is 4. The van der Waals surface area contributed by atoms with Gasteiger partial charge in [0.15, 0.2) is 0 Å². The van der Waals surface area contributed by atoms with E-state index < -0.39 is 0 Å². The van der Waals surface area contributed by atoms with Crippen molar-refractivity contribution < 1.29 is 5.11 Å². The second kappa shape index (κ2) is 10.9. The number of piperidine rings is 1. The maximum atomic E-state index is 9.73. The molecule has 1 aliphatic rings. The predicted octanol–water partition coefficient (Wildman–Crippen LogP) is 3.69. The first-order valence-corrected chi connectivity index (χ1v) is 11.9. The summed E-state index contributed by atoms with van der Waals surface area (Å²) in [6, 6.07) is 17.5. The summed E-state index contributed by atoms with van der Waals surface area (Å²) in [5.41, 5.74) is 4.58. The van der Waals surface area contributed by atoms with E-state index in [1.807, 2.05) is 6.07 Å². The molecule has 5 N–H and O–H groups in total. The molecule has 2 aromatic carbocycles. The Morgan fingerprint density at radius 3 is 2.62 bits per heavy atom. The van der Waals surface area contributed by atoms with Crippen LogP contribution in [-0.4, -0.2) is 61.4 Å². The van der Waals surface area contributed by atoms with Gasteiger partial charge < -0.3 is 30.9 Å². The number of phenols is 1. The molecule has 6 nitrogen and oxygen atoms in total. The van der Waals surface area contributed by atoms with Gasteiger partial charge in [-0.3, -0.25) is 0 Å². The number of benzene rings is 2. The molecule has 0 unspecified atom stereocenters. The molecule has 0 aliphatic carbocycles. The molecule has 0 bridgehead atoms. The number of rotatable bonds is 10. The first-order valence-electron chi connectivity index (χ1n) is 11.9. The normalized spacial score (nSPS) is 15.2. The lowest BCUT2D eigenvalue weighted by atomic mass is 10.0. The first-order chi connectivity index (χ1) is 15.6. The molecule has 6 heteroatoms. The molecular formula is C26H37N5O. The summed E-state index contributed by atoms with van der Waals surface area (Å²) in [5.74, 6) is 0.298. The van der Waals surface area contributed by atoms with Crippen molar-refractivity contribution in [3.05, 3.63) is 48.5 Å². The van der Waals surface area contributed by atoms with E-state index in [1.165, 1.54) is 24.1 Å². The van der Waals surface area contributed by atoms with Crippen molar-refractivity contribution in [3.63, 3.8) is 0 Å². The number of aromatic nitrogens is 1. The molecule has 0 amide bonds. The SMILES string of the molecule is CC(C)NCCNCCNC1CCN(c2cccc(-c3cc4cc(O)ccc4[nH]3)c2)CC1. The van der Waals surface area contributed by atoms with Crippen molar-refractivity contribution in [2.45, 2.75) is 38.8 Å². The van der Waals surface area contributed by atoms with Gasteiger partial charge in [0.2, 0.25) is 0 Å². The lowest BCUT2D eigenvalue weighted by Gasteiger charge is -2.34. The number of hydrogen-bond acceptors (Lipinski definition) is 5. The Labute approximate surface area is 191 Å². The number of aromatic hydroxyl groups is 1. The fraction of sp³-hybridized carbons (Fsp3) is 0.462. The van der Waals surface area contributed by atoms with E-state index in [0.29, 0.717) is 17.8 Å². The molecule has 2 heterocycles. The largest absolute Gasteiger partial charge is 0.508 e. The summed E-state index contributed by atoms with van der Waals surface area (Å²) < 4.78 is 0. The van der Waals surface area contributed by atoms with Crippen LogP contribution in [0.4, 0.5) is 5.69 Å². The van der Waals surface area contributed by atoms with Gasteiger partial charge in [0.25, 0.3) is 0 Å². The molecule has 4 rings (SSSR count). The van der Waals surface area contributed by atoms with Crippen molar-refractivity contribution in [3.8, 4) is 17.0 Å². The first kappa shape index (κ1) is 22.6. The van der Waals surface area contributed by atoms with Crippen LogP contribution >= 0.6 is 0 Å². The molecule has 32 heavy (non-hydrogen) atoms. The Kier molecular flexibility index (Phi) is 7.68. The van der Waals surface area contributed by atoms with E-state index in [0.717, 1.165) is 55.9 Å². The summed E-state index contributed by atoms with van der Waals surface area (Å²) in [5, 5.41) is 21.4. The molecule has 3 aromatic rings. The van der Waals surface area contributed by atoms with E-state index in [2.05, 4.69) is 70.0 Å². The monoisotopic (exact) mass is 435 g/mol. The topological polar surface area (TPSA) is 75.3 Å². The maximum Gasteiger partial charge on any atom is 0.116 e. The summed E-state index contributed by atoms with van der Waals surface area (Å²) in [7, 11) is 0. The maximum absolute atomic E-state index is 9.73. The van der Waals surface area contributed by atoms with E-state index in [4.69, 9.17) is 0 Å². The Hall–Kier alpha value is -2.54. The number of fused-ring (bicyclic) bond motifs is 1. The molecule has 1 saturated heterocycles. The van der Waals surface area contributed by atoms with Gasteiger partial charge in [-0.2, -0.15) is 0 Å². The lowest BCUT2D eigenvalue weighted by Crippen LogP contribution is -2.44. The minimum Gasteiger partial charge on any atom is -0.508 e. The highest BCUT2D eigenvalue weighted by molar-refractivity contribution is 5.87. The molecule has 1 aliphatic heterocycles. The third kappa shape index (κ3) is 6.03. The zero-order valence-electron chi connectivity index (χ0n) is 19.3. The smallest absolute Gasteiger partial charge is 0.116 e. The summed E-state index contributed by atoms with van der Waals surface area (Å²) >= 11 is 0. The van der Waals surface area contributed by atoms with Crippen molar-refractivity contribution in [2.75, 3.05) is 44.2 Å². The van der Waals surface area contributed by atoms with Crippen LogP contribution in [-0.2, 0) is 0 Å². The number of phenolic OH excluding ortho intramolecular Hbond substituents is 1. The molecule has 0 atom stereocenters. The quantitative estimate of drug-likeness (QED) is 0.314. The van der Waals surface area contributed by atoms with Crippen LogP contribution < -0.4 is 20.9 Å². The van der Waals surface area contributed by atoms with Gasteiger partial charge in [0.1, 0.15) is 5.75 Å². The molecule has 172 valence electrons. The second-order valence-electron chi connectivity index (χ2n) is 9.08. The number of nitrogens with zero attached hydrogens (tertiary/aromatic N) is 1. The van der Waals surface area contributed by atoms with Gasteiger partial charge >= 0.3 is 0 Å². The molecular weight excluding hydrogens is 398 g/mol. The lowest BCUT2D eigenvalue weighted by molar-refractivity contribution is 0.412. The second-order valence-corrected chi connectivity index (χ2v) is 9.08. The molecule has 1 fully saturated rings. The number of anilines is 1. The van der Waals surface area contributed by atoms with Crippen LogP contribution in [0, 0.1) is 0 Å². The van der Waals surface area contributed by atoms with Gasteiger partial charge in [-0.25, -0.2) is 0 Å². The van der Waals surface area contributed by atoms with Crippen LogP contribution in [0.1, 0.15) is 26.7 Å². The van der Waals surface area contributed by atoms with Crippen LogP contribution in [0.15, 0.2) is 48.5 Å². The highest BCUT2D eigenvalue weighted by Crippen LogP contribution is 2.30. The van der Waals surface area contributed by atoms with Crippen molar-refractivity contribution >= 4 is 16.6 Å². The van der Waals surface area contributed by atoms with Crippen LogP contribution in [0.3, 0.4) is 0 Å². The van der Waals surface area contributed by atoms with Gasteiger partial charge in [0.05, 0.1) is 0 Å². The molecule has 0 radical (unpaired) electrons. The van der Waals surface area contributed by atoms with Gasteiger partial charge in [-0.05, 0) is 54.8 Å². The zero-order chi connectivity index (χ0) is 22.3. The number of hydrogen-bond donors (Lipinski definition) is 5. The van der Waals surface area contributed by atoms with E-state index >= 15 is 0 Å². The van der Waals surface area contributed by atoms with Crippen molar-refractivity contribution in [1.82, 2.24) is 20.9 Å². The van der Waals surface area contributed by atoms with Crippen LogP contribution in [0.5, 0.6) is 5.75 Å². The average Bonchev–Trinajstić information content (AvgIpc) is 3.22. The fourth-order valence-electron chi connectivity index (χ4n) is 4.43. The summed E-state index contributed by atoms with van der Waals surface area (Å²) in [6.07, 6.45) is 2.34. The Bertz CT molecular complexity index is 991. The van der Waals surface area contributed by atoms with E-state index in [-0.39, 0.29) is 0 Å². The van der Waals surface area contributed by atoms with Crippen molar-refractivity contribution in [1.29, 1.82) is 0 Å². The zero-order valence-corrected chi connectivity index (χ0v) is 19.3. The van der Waals surface area contributed by atoms with Crippen LogP contribution in [0.2, 0.25) is 0 Å². The predicted molar refractivity (Wildman–Crippen MR) is 135 cm³/mol. The van der Waals surface area contributed by atoms with Crippen molar-refractivity contribution in [2.24, 2.45) is 0 Å². The Balaban J connectivity index is 1.25. The fourth-order valence-corrected chi connectivity index (χ4v) is 4.43. The van der Waals surface area contributed by atoms with E-state index in [1.54, 1.807) is 12.1 Å². The third-order valence-corrected chi connectivity index (χ3v) is 6.21. The summed E-state index contributed by atoms with van der Waals surface area (Å²) in [6.45, 7) is 10.6. The minimum atomic E-state index is 0.298. The third-order valence-electron chi connectivity index (χ3n) is 6.21. The Morgan fingerprint density at radius 2 is 1.81 bits per heavy atom. The molecule has 0 spiro atoms. The van der Waals surface area contributed by atoms with Gasteiger partial charge in [-0.15, -0.1) is 0 Å². The van der Waals surface area contributed by atoms with Gasteiger partial charge in [0, 0.05) is 73.6 Å².